The summed E-state index contributed by atoms with van der Waals surface area (Å²) in [5.41, 5.74) is 3.66. The fourth-order valence-corrected chi connectivity index (χ4v) is 2.25. The lowest BCUT2D eigenvalue weighted by Gasteiger charge is -2.12. The predicted octanol–water partition coefficient (Wildman–Crippen LogP) is 1.48. The van der Waals surface area contributed by atoms with E-state index in [4.69, 9.17) is 14.2 Å². The SMILES string of the molecule is COc1cc(C=NNC(=O)C(=O)NCc2ccccc2)cc(OC)c1OC. The van der Waals surface area contributed by atoms with Gasteiger partial charge in [0.25, 0.3) is 0 Å². The number of carbonyl (C=O) groups is 2. The molecule has 0 radical (unpaired) electrons. The maximum Gasteiger partial charge on any atom is 0.329 e. The molecule has 0 aliphatic heterocycles. The van der Waals surface area contributed by atoms with E-state index < -0.39 is 11.8 Å². The van der Waals surface area contributed by atoms with Crippen molar-refractivity contribution in [2.45, 2.75) is 6.54 Å². The van der Waals surface area contributed by atoms with Gasteiger partial charge in [0.2, 0.25) is 5.75 Å². The summed E-state index contributed by atoms with van der Waals surface area (Å²) >= 11 is 0. The van der Waals surface area contributed by atoms with Gasteiger partial charge in [-0.25, -0.2) is 5.43 Å². The second-order valence-corrected chi connectivity index (χ2v) is 5.33. The molecule has 142 valence electrons. The minimum absolute atomic E-state index is 0.254. The summed E-state index contributed by atoms with van der Waals surface area (Å²) < 4.78 is 15.7. The molecule has 0 unspecified atom stereocenters. The quantitative estimate of drug-likeness (QED) is 0.436. The molecule has 0 fully saturated rings. The van der Waals surface area contributed by atoms with Crippen molar-refractivity contribution in [1.29, 1.82) is 0 Å². The molecule has 2 amide bonds. The Bertz CT molecular complexity index is 796. The van der Waals surface area contributed by atoms with Crippen LogP contribution in [0.2, 0.25) is 0 Å². The normalized spacial score (nSPS) is 10.3. The van der Waals surface area contributed by atoms with E-state index in [9.17, 15) is 9.59 Å². The van der Waals surface area contributed by atoms with Crippen LogP contribution >= 0.6 is 0 Å². The Morgan fingerprint density at radius 3 is 2.15 bits per heavy atom. The lowest BCUT2D eigenvalue weighted by Crippen LogP contribution is -2.37. The summed E-state index contributed by atoms with van der Waals surface area (Å²) in [4.78, 5) is 23.6. The van der Waals surface area contributed by atoms with Crippen LogP contribution in [0.15, 0.2) is 47.6 Å². The Kier molecular flexibility index (Phi) is 7.18. The Morgan fingerprint density at radius 1 is 0.963 bits per heavy atom. The molecule has 2 aromatic rings. The van der Waals surface area contributed by atoms with Gasteiger partial charge in [0.1, 0.15) is 0 Å². The molecule has 0 aliphatic carbocycles. The third-order valence-electron chi connectivity index (χ3n) is 3.57. The van der Waals surface area contributed by atoms with E-state index in [0.717, 1.165) is 5.56 Å². The molecule has 0 spiro atoms. The van der Waals surface area contributed by atoms with Crippen molar-refractivity contribution in [2.75, 3.05) is 21.3 Å². The number of hydrogen-bond acceptors (Lipinski definition) is 6. The lowest BCUT2D eigenvalue weighted by atomic mass is 10.2. The number of benzene rings is 2. The molecule has 2 aromatic carbocycles. The van der Waals surface area contributed by atoms with E-state index in [2.05, 4.69) is 15.8 Å². The minimum atomic E-state index is -0.866. The second-order valence-electron chi connectivity index (χ2n) is 5.33. The predicted molar refractivity (Wildman–Crippen MR) is 100 cm³/mol. The van der Waals surface area contributed by atoms with Crippen LogP contribution in [0.5, 0.6) is 17.2 Å². The first-order valence-corrected chi connectivity index (χ1v) is 8.04. The standard InChI is InChI=1S/C19H21N3O5/c1-25-15-9-14(10-16(26-2)17(15)27-3)12-21-22-19(24)18(23)20-11-13-7-5-4-6-8-13/h4-10,12H,11H2,1-3H3,(H,20,23)(H,22,24). The zero-order chi connectivity index (χ0) is 19.6. The van der Waals surface area contributed by atoms with Crippen LogP contribution in [0.4, 0.5) is 0 Å². The van der Waals surface area contributed by atoms with Gasteiger partial charge in [-0.1, -0.05) is 30.3 Å². The van der Waals surface area contributed by atoms with Gasteiger partial charge in [-0.05, 0) is 17.7 Å². The Labute approximate surface area is 157 Å². The maximum absolute atomic E-state index is 11.8. The number of nitrogens with zero attached hydrogens (tertiary/aromatic N) is 1. The van der Waals surface area contributed by atoms with E-state index in [0.29, 0.717) is 22.8 Å². The first-order valence-electron chi connectivity index (χ1n) is 8.04. The van der Waals surface area contributed by atoms with Crippen molar-refractivity contribution in [1.82, 2.24) is 10.7 Å². The molecule has 8 nitrogen and oxygen atoms in total. The van der Waals surface area contributed by atoms with Crippen molar-refractivity contribution >= 4 is 18.0 Å². The van der Waals surface area contributed by atoms with Gasteiger partial charge in [0.05, 0.1) is 27.5 Å². The summed E-state index contributed by atoms with van der Waals surface area (Å²) in [5, 5.41) is 6.30. The van der Waals surface area contributed by atoms with Gasteiger partial charge in [-0.15, -0.1) is 0 Å². The van der Waals surface area contributed by atoms with E-state index in [1.165, 1.54) is 27.5 Å². The molecule has 2 rings (SSSR count). The van der Waals surface area contributed by atoms with Crippen molar-refractivity contribution in [3.05, 3.63) is 53.6 Å². The first kappa shape index (κ1) is 19.8. The summed E-state index contributed by atoms with van der Waals surface area (Å²) in [6, 6.07) is 12.6. The van der Waals surface area contributed by atoms with Gasteiger partial charge in [-0.2, -0.15) is 5.10 Å². The van der Waals surface area contributed by atoms with Crippen LogP contribution in [-0.4, -0.2) is 39.4 Å². The zero-order valence-electron chi connectivity index (χ0n) is 15.3. The number of hydrazone groups is 1. The number of rotatable bonds is 7. The van der Waals surface area contributed by atoms with Crippen molar-refractivity contribution < 1.29 is 23.8 Å². The van der Waals surface area contributed by atoms with Crippen LogP contribution in [0.3, 0.4) is 0 Å². The molecule has 2 N–H and O–H groups in total. The Morgan fingerprint density at radius 2 is 1.59 bits per heavy atom. The lowest BCUT2D eigenvalue weighted by molar-refractivity contribution is -0.139. The summed E-state index contributed by atoms with van der Waals surface area (Å²) in [7, 11) is 4.50. The molecular weight excluding hydrogens is 350 g/mol. The second kappa shape index (κ2) is 9.81. The Hall–Kier alpha value is -3.55. The largest absolute Gasteiger partial charge is 0.493 e. The van der Waals surface area contributed by atoms with Gasteiger partial charge in [0, 0.05) is 12.1 Å². The summed E-state index contributed by atoms with van der Waals surface area (Å²) in [6.45, 7) is 0.254. The number of methoxy groups -OCH3 is 3. The monoisotopic (exact) mass is 371 g/mol. The number of ether oxygens (including phenoxy) is 3. The number of amides is 2. The average Bonchev–Trinajstić information content (AvgIpc) is 2.71. The molecule has 0 saturated heterocycles. The number of nitrogens with one attached hydrogen (secondary N) is 2. The first-order chi connectivity index (χ1) is 13.1. The summed E-state index contributed by atoms with van der Waals surface area (Å²) in [5.74, 6) is -0.299. The van der Waals surface area contributed by atoms with Crippen LogP contribution in [0.25, 0.3) is 0 Å². The number of hydrogen-bond donors (Lipinski definition) is 2. The van der Waals surface area contributed by atoms with Crippen molar-refractivity contribution in [3.8, 4) is 17.2 Å². The van der Waals surface area contributed by atoms with E-state index in [-0.39, 0.29) is 6.54 Å². The molecule has 0 atom stereocenters. The molecule has 8 heteroatoms. The zero-order valence-corrected chi connectivity index (χ0v) is 15.3. The number of carbonyl (C=O) groups excluding carboxylic acids is 2. The highest BCUT2D eigenvalue weighted by Gasteiger charge is 2.13. The topological polar surface area (TPSA) is 98.2 Å². The van der Waals surface area contributed by atoms with E-state index in [1.807, 2.05) is 30.3 Å². The van der Waals surface area contributed by atoms with Gasteiger partial charge < -0.3 is 19.5 Å². The van der Waals surface area contributed by atoms with Gasteiger partial charge >= 0.3 is 11.8 Å². The molecule has 0 saturated carbocycles. The van der Waals surface area contributed by atoms with Gasteiger partial charge in [-0.3, -0.25) is 9.59 Å². The molecule has 0 aliphatic rings. The van der Waals surface area contributed by atoms with Gasteiger partial charge in [0.15, 0.2) is 11.5 Å². The minimum Gasteiger partial charge on any atom is -0.493 e. The highest BCUT2D eigenvalue weighted by atomic mass is 16.5. The maximum atomic E-state index is 11.8. The molecular formula is C19H21N3O5. The molecule has 0 aromatic heterocycles. The van der Waals surface area contributed by atoms with Crippen LogP contribution < -0.4 is 25.0 Å². The fraction of sp³-hybridized carbons (Fsp3) is 0.211. The average molecular weight is 371 g/mol. The molecule has 0 heterocycles. The Balaban J connectivity index is 1.95. The smallest absolute Gasteiger partial charge is 0.329 e. The van der Waals surface area contributed by atoms with E-state index >= 15 is 0 Å². The summed E-state index contributed by atoms with van der Waals surface area (Å²) in [6.07, 6.45) is 1.37. The fourth-order valence-electron chi connectivity index (χ4n) is 2.25. The molecule has 27 heavy (non-hydrogen) atoms. The third-order valence-corrected chi connectivity index (χ3v) is 3.57. The third kappa shape index (κ3) is 5.46. The molecule has 0 bridgehead atoms. The van der Waals surface area contributed by atoms with Crippen molar-refractivity contribution in [3.63, 3.8) is 0 Å². The highest BCUT2D eigenvalue weighted by molar-refractivity contribution is 6.35. The highest BCUT2D eigenvalue weighted by Crippen LogP contribution is 2.37. The van der Waals surface area contributed by atoms with E-state index in [1.54, 1.807) is 12.1 Å². The van der Waals surface area contributed by atoms with Crippen molar-refractivity contribution in [2.24, 2.45) is 5.10 Å². The van der Waals surface area contributed by atoms with Crippen LogP contribution in [-0.2, 0) is 16.1 Å². The van der Waals surface area contributed by atoms with Crippen LogP contribution in [0, 0.1) is 0 Å². The van der Waals surface area contributed by atoms with Crippen LogP contribution in [0.1, 0.15) is 11.1 Å².